The third kappa shape index (κ3) is 2.20. The first-order valence-electron chi connectivity index (χ1n) is 3.15. The van der Waals surface area contributed by atoms with Crippen LogP contribution in [0.15, 0.2) is 21.1 Å². The van der Waals surface area contributed by atoms with Gasteiger partial charge in [0.25, 0.3) is 0 Å². The second kappa shape index (κ2) is 3.92. The summed E-state index contributed by atoms with van der Waals surface area (Å²) in [5.41, 5.74) is 2.33. The number of hydrogen-bond donors (Lipinski definition) is 0. The van der Waals surface area contributed by atoms with Crippen LogP contribution in [0.2, 0.25) is 0 Å². The summed E-state index contributed by atoms with van der Waals surface area (Å²) in [7, 11) is 0. The fraction of sp³-hybridized carbons (Fsp3) is 0.250. The van der Waals surface area contributed by atoms with Crippen LogP contribution in [0.1, 0.15) is 11.1 Å². The van der Waals surface area contributed by atoms with Crippen LogP contribution in [-0.4, -0.2) is 0 Å². The Labute approximate surface area is 88.2 Å². The smallest absolute Gasteiger partial charge is 0.0496 e. The van der Waals surface area contributed by atoms with Crippen molar-refractivity contribution in [2.45, 2.75) is 12.8 Å². The number of aryl methyl sites for hydroxylation is 1. The Kier molecular flexibility index (Phi) is 3.41. The predicted octanol–water partition coefficient (Wildman–Crippen LogP) is 4.26. The van der Waals surface area contributed by atoms with Gasteiger partial charge in [-0.05, 0) is 30.2 Å². The molecule has 0 radical (unpaired) electrons. The maximum Gasteiger partial charge on any atom is 0.0496 e. The molecule has 0 spiro atoms. The molecule has 0 aromatic heterocycles. The van der Waals surface area contributed by atoms with Crippen LogP contribution < -0.4 is 0 Å². The van der Waals surface area contributed by atoms with Gasteiger partial charge in [-0.25, -0.2) is 0 Å². The van der Waals surface area contributed by atoms with Gasteiger partial charge in [-0.3, -0.25) is 0 Å². The van der Waals surface area contributed by atoms with Gasteiger partial charge in [0.05, 0.1) is 0 Å². The molecule has 11 heavy (non-hydrogen) atoms. The summed E-state index contributed by atoms with van der Waals surface area (Å²) in [4.78, 5) is 0. The number of benzene rings is 1. The fourth-order valence-corrected chi connectivity index (χ4v) is 3.16. The van der Waals surface area contributed by atoms with Crippen molar-refractivity contribution in [1.82, 2.24) is 0 Å². The molecule has 0 aliphatic rings. The molecule has 1 aromatic rings. The largest absolute Gasteiger partial charge is 0.121 e. The van der Waals surface area contributed by atoms with E-state index in [0.29, 0.717) is 5.88 Å². The lowest BCUT2D eigenvalue weighted by atomic mass is 10.2. The summed E-state index contributed by atoms with van der Waals surface area (Å²) in [6, 6.07) is 4.12. The van der Waals surface area contributed by atoms with E-state index in [2.05, 4.69) is 44.0 Å². The van der Waals surface area contributed by atoms with Crippen molar-refractivity contribution in [3.05, 3.63) is 32.2 Å². The highest BCUT2D eigenvalue weighted by atomic mass is 79.9. The van der Waals surface area contributed by atoms with E-state index in [1.54, 1.807) is 0 Å². The first-order valence-corrected chi connectivity index (χ1v) is 5.27. The molecule has 0 saturated carbocycles. The van der Waals surface area contributed by atoms with Gasteiger partial charge in [-0.15, -0.1) is 11.6 Å². The summed E-state index contributed by atoms with van der Waals surface area (Å²) in [6.45, 7) is 2.05. The van der Waals surface area contributed by atoms with Crippen molar-refractivity contribution < 1.29 is 0 Å². The summed E-state index contributed by atoms with van der Waals surface area (Å²) in [5.74, 6) is 0.529. The lowest BCUT2D eigenvalue weighted by molar-refractivity contribution is 1.30. The highest BCUT2D eigenvalue weighted by Gasteiger charge is 2.03. The van der Waals surface area contributed by atoms with E-state index < -0.39 is 0 Å². The Morgan fingerprint density at radius 1 is 1.27 bits per heavy atom. The standard InChI is InChI=1S/C8H7Br2Cl/c1-5-2-7(9)6(4-11)8(10)3-5/h2-3H,4H2,1H3. The molecule has 0 saturated heterocycles. The van der Waals surface area contributed by atoms with Gasteiger partial charge in [0.15, 0.2) is 0 Å². The first kappa shape index (κ1) is 9.56. The van der Waals surface area contributed by atoms with Gasteiger partial charge in [0.2, 0.25) is 0 Å². The van der Waals surface area contributed by atoms with E-state index in [1.165, 1.54) is 5.56 Å². The maximum atomic E-state index is 5.73. The summed E-state index contributed by atoms with van der Waals surface area (Å²) in [5, 5.41) is 0. The number of halogens is 3. The van der Waals surface area contributed by atoms with E-state index in [4.69, 9.17) is 11.6 Å². The van der Waals surface area contributed by atoms with Crippen LogP contribution >= 0.6 is 43.5 Å². The van der Waals surface area contributed by atoms with E-state index in [-0.39, 0.29) is 0 Å². The zero-order valence-corrected chi connectivity index (χ0v) is 9.92. The molecule has 0 atom stereocenters. The van der Waals surface area contributed by atoms with Gasteiger partial charge in [0.1, 0.15) is 0 Å². The van der Waals surface area contributed by atoms with Crippen LogP contribution in [0, 0.1) is 6.92 Å². The van der Waals surface area contributed by atoms with E-state index in [9.17, 15) is 0 Å². The molecule has 0 fully saturated rings. The lowest BCUT2D eigenvalue weighted by Gasteiger charge is -2.04. The Hall–Kier alpha value is 0.470. The third-order valence-electron chi connectivity index (χ3n) is 1.42. The molecule has 0 heterocycles. The zero-order valence-electron chi connectivity index (χ0n) is 6.00. The second-order valence-corrected chi connectivity index (χ2v) is 4.32. The minimum Gasteiger partial charge on any atom is -0.121 e. The molecule has 0 aliphatic heterocycles. The van der Waals surface area contributed by atoms with E-state index in [1.807, 2.05) is 6.92 Å². The fourth-order valence-electron chi connectivity index (χ4n) is 0.857. The van der Waals surface area contributed by atoms with Crippen LogP contribution in [0.3, 0.4) is 0 Å². The normalized spacial score (nSPS) is 10.2. The summed E-state index contributed by atoms with van der Waals surface area (Å²) < 4.78 is 2.14. The molecule has 0 bridgehead atoms. The summed E-state index contributed by atoms with van der Waals surface area (Å²) >= 11 is 12.6. The molecule has 0 unspecified atom stereocenters. The SMILES string of the molecule is Cc1cc(Br)c(CCl)c(Br)c1. The van der Waals surface area contributed by atoms with Gasteiger partial charge < -0.3 is 0 Å². The van der Waals surface area contributed by atoms with Crippen molar-refractivity contribution >= 4 is 43.5 Å². The van der Waals surface area contributed by atoms with Crippen LogP contribution in [0.25, 0.3) is 0 Å². The van der Waals surface area contributed by atoms with Crippen molar-refractivity contribution in [2.75, 3.05) is 0 Å². The average molecular weight is 298 g/mol. The summed E-state index contributed by atoms with van der Waals surface area (Å²) in [6.07, 6.45) is 0. The van der Waals surface area contributed by atoms with E-state index in [0.717, 1.165) is 14.5 Å². The highest BCUT2D eigenvalue weighted by molar-refractivity contribution is 9.11. The Bertz CT molecular complexity index is 248. The molecule has 0 nitrogen and oxygen atoms in total. The maximum absolute atomic E-state index is 5.73. The van der Waals surface area contributed by atoms with Crippen LogP contribution in [0.4, 0.5) is 0 Å². The van der Waals surface area contributed by atoms with Gasteiger partial charge >= 0.3 is 0 Å². The van der Waals surface area contributed by atoms with Crippen molar-refractivity contribution in [3.63, 3.8) is 0 Å². The number of alkyl halides is 1. The number of rotatable bonds is 1. The van der Waals surface area contributed by atoms with Crippen LogP contribution in [0.5, 0.6) is 0 Å². The van der Waals surface area contributed by atoms with Gasteiger partial charge in [-0.2, -0.15) is 0 Å². The first-order chi connectivity index (χ1) is 5.15. The number of hydrogen-bond acceptors (Lipinski definition) is 0. The molecular weight excluding hydrogens is 291 g/mol. The minimum absolute atomic E-state index is 0.529. The predicted molar refractivity (Wildman–Crippen MR) is 56.1 cm³/mol. The molecule has 0 N–H and O–H groups in total. The lowest BCUT2D eigenvalue weighted by Crippen LogP contribution is -1.84. The van der Waals surface area contributed by atoms with Gasteiger partial charge in [0, 0.05) is 14.8 Å². The zero-order chi connectivity index (χ0) is 8.43. The molecule has 0 amide bonds. The molecule has 1 rings (SSSR count). The topological polar surface area (TPSA) is 0 Å². The third-order valence-corrected chi connectivity index (χ3v) is 3.10. The second-order valence-electron chi connectivity index (χ2n) is 2.34. The molecule has 3 heteroatoms. The van der Waals surface area contributed by atoms with Crippen LogP contribution in [-0.2, 0) is 5.88 Å². The van der Waals surface area contributed by atoms with Crippen molar-refractivity contribution in [2.24, 2.45) is 0 Å². The quantitative estimate of drug-likeness (QED) is 0.680. The highest BCUT2D eigenvalue weighted by Crippen LogP contribution is 2.28. The Morgan fingerprint density at radius 2 is 1.73 bits per heavy atom. The Balaban J connectivity index is 3.25. The van der Waals surface area contributed by atoms with Gasteiger partial charge in [-0.1, -0.05) is 31.9 Å². The molecule has 1 aromatic carbocycles. The minimum atomic E-state index is 0.529. The monoisotopic (exact) mass is 296 g/mol. The van der Waals surface area contributed by atoms with Crippen molar-refractivity contribution in [1.29, 1.82) is 0 Å². The van der Waals surface area contributed by atoms with Crippen molar-refractivity contribution in [3.8, 4) is 0 Å². The average Bonchev–Trinajstić information content (AvgIpc) is 1.85. The van der Waals surface area contributed by atoms with E-state index >= 15 is 0 Å². The molecule has 60 valence electrons. The molecule has 0 aliphatic carbocycles. The Morgan fingerprint density at radius 3 is 2.09 bits per heavy atom. The molecular formula is C8H7Br2Cl.